The van der Waals surface area contributed by atoms with Crippen LogP contribution in [0.25, 0.3) is 0 Å². The molecule has 0 saturated carbocycles. The molecule has 0 radical (unpaired) electrons. The summed E-state index contributed by atoms with van der Waals surface area (Å²) in [6, 6.07) is 0.340. The summed E-state index contributed by atoms with van der Waals surface area (Å²) in [5.41, 5.74) is -1.08. The van der Waals surface area contributed by atoms with Crippen LogP contribution in [0.1, 0.15) is 12.1 Å². The first-order valence-electron chi connectivity index (χ1n) is 5.80. The molecule has 1 aromatic rings. The van der Waals surface area contributed by atoms with E-state index in [1.807, 2.05) is 0 Å². The molecule has 20 heavy (non-hydrogen) atoms. The van der Waals surface area contributed by atoms with Gasteiger partial charge in [0.2, 0.25) is 5.95 Å². The summed E-state index contributed by atoms with van der Waals surface area (Å²) in [4.78, 5) is 7.17. The van der Waals surface area contributed by atoms with Gasteiger partial charge < -0.3 is 10.6 Å². The fraction of sp³-hybridized carbons (Fsp3) is 0.600. The molecule has 1 aliphatic rings. The van der Waals surface area contributed by atoms with Crippen molar-refractivity contribution in [3.8, 4) is 0 Å². The number of anilines is 2. The molecule has 0 aromatic carbocycles. The molecule has 1 atom stereocenters. The lowest BCUT2D eigenvalue weighted by Crippen LogP contribution is -2.22. The van der Waals surface area contributed by atoms with Gasteiger partial charge >= 0.3 is 6.18 Å². The normalized spacial score (nSPS) is 21.7. The van der Waals surface area contributed by atoms with Gasteiger partial charge in [0.15, 0.2) is 15.5 Å². The first kappa shape index (κ1) is 14.8. The third-order valence-electron chi connectivity index (χ3n) is 2.82. The van der Waals surface area contributed by atoms with E-state index in [4.69, 9.17) is 0 Å². The smallest absolute Gasteiger partial charge is 0.366 e. The zero-order chi connectivity index (χ0) is 15.0. The van der Waals surface area contributed by atoms with Crippen molar-refractivity contribution in [2.45, 2.75) is 18.6 Å². The highest BCUT2D eigenvalue weighted by molar-refractivity contribution is 7.91. The monoisotopic (exact) mass is 310 g/mol. The van der Waals surface area contributed by atoms with E-state index in [0.29, 0.717) is 6.42 Å². The van der Waals surface area contributed by atoms with Crippen LogP contribution in [-0.2, 0) is 16.0 Å². The third kappa shape index (κ3) is 3.50. The Labute approximate surface area is 113 Å². The maximum Gasteiger partial charge on any atom is 0.433 e. The minimum Gasteiger partial charge on any atom is -0.366 e. The average molecular weight is 310 g/mol. The number of halogens is 3. The molecule has 2 rings (SSSR count). The largest absolute Gasteiger partial charge is 0.433 e. The van der Waals surface area contributed by atoms with Gasteiger partial charge in [-0.1, -0.05) is 0 Å². The number of sulfone groups is 1. The van der Waals surface area contributed by atoms with E-state index in [-0.39, 0.29) is 23.3 Å². The number of nitrogens with one attached hydrogen (secondary N) is 2. The van der Waals surface area contributed by atoms with Gasteiger partial charge in [0.05, 0.1) is 11.5 Å². The van der Waals surface area contributed by atoms with Gasteiger partial charge in [-0.25, -0.2) is 13.4 Å². The van der Waals surface area contributed by atoms with Crippen LogP contribution in [0.2, 0.25) is 0 Å². The molecule has 1 fully saturated rings. The Morgan fingerprint density at radius 1 is 1.35 bits per heavy atom. The fourth-order valence-electron chi connectivity index (χ4n) is 1.90. The van der Waals surface area contributed by atoms with Gasteiger partial charge in [-0.2, -0.15) is 18.2 Å². The van der Waals surface area contributed by atoms with Gasteiger partial charge in [0.25, 0.3) is 0 Å². The van der Waals surface area contributed by atoms with Gasteiger partial charge in [0.1, 0.15) is 5.82 Å². The molecule has 0 aliphatic carbocycles. The van der Waals surface area contributed by atoms with Crippen molar-refractivity contribution in [1.82, 2.24) is 9.97 Å². The standard InChI is InChI=1S/C10H13F3N4O2S/c1-14-9-16-7(10(11,12)13)4-8(17-9)15-6-2-3-20(18,19)5-6/h4,6H,2-3,5H2,1H3,(H2,14,15,16,17). The minimum absolute atomic E-state index is 0.0285. The highest BCUT2D eigenvalue weighted by Gasteiger charge is 2.34. The van der Waals surface area contributed by atoms with Gasteiger partial charge in [-0.3, -0.25) is 0 Å². The lowest BCUT2D eigenvalue weighted by atomic mass is 10.2. The molecule has 0 amide bonds. The summed E-state index contributed by atoms with van der Waals surface area (Å²) in [7, 11) is -1.71. The summed E-state index contributed by atoms with van der Waals surface area (Å²) in [6.07, 6.45) is -4.24. The van der Waals surface area contributed by atoms with Crippen LogP contribution in [-0.4, -0.2) is 43.0 Å². The maximum absolute atomic E-state index is 12.7. The molecule has 10 heteroatoms. The number of alkyl halides is 3. The van der Waals surface area contributed by atoms with Crippen LogP contribution in [0, 0.1) is 0 Å². The number of aromatic nitrogens is 2. The van der Waals surface area contributed by atoms with Gasteiger partial charge in [-0.15, -0.1) is 0 Å². The van der Waals surface area contributed by atoms with Crippen LogP contribution < -0.4 is 10.6 Å². The Morgan fingerprint density at radius 3 is 2.55 bits per heavy atom. The highest BCUT2D eigenvalue weighted by Crippen LogP contribution is 2.30. The molecule has 2 N–H and O–H groups in total. The second kappa shape index (κ2) is 5.08. The summed E-state index contributed by atoms with van der Waals surface area (Å²) < 4.78 is 60.7. The Balaban J connectivity index is 2.23. The molecule has 112 valence electrons. The van der Waals surface area contributed by atoms with E-state index in [1.54, 1.807) is 0 Å². The van der Waals surface area contributed by atoms with E-state index < -0.39 is 27.7 Å². The molecule has 0 spiro atoms. The van der Waals surface area contributed by atoms with Crippen molar-refractivity contribution in [1.29, 1.82) is 0 Å². The zero-order valence-corrected chi connectivity index (χ0v) is 11.3. The summed E-state index contributed by atoms with van der Waals surface area (Å²) in [6.45, 7) is 0. The molecule has 1 aliphatic heterocycles. The second-order valence-electron chi connectivity index (χ2n) is 4.45. The predicted molar refractivity (Wildman–Crippen MR) is 67.3 cm³/mol. The van der Waals surface area contributed by atoms with Gasteiger partial charge in [0, 0.05) is 19.2 Å². The molecule has 1 saturated heterocycles. The number of rotatable bonds is 3. The van der Waals surface area contributed by atoms with E-state index in [2.05, 4.69) is 20.6 Å². The quantitative estimate of drug-likeness (QED) is 0.871. The number of hydrogen-bond acceptors (Lipinski definition) is 6. The first-order chi connectivity index (χ1) is 9.19. The lowest BCUT2D eigenvalue weighted by Gasteiger charge is -2.14. The topological polar surface area (TPSA) is 84.0 Å². The van der Waals surface area contributed by atoms with Crippen molar-refractivity contribution in [2.24, 2.45) is 0 Å². The summed E-state index contributed by atoms with van der Waals surface area (Å²) >= 11 is 0. The molecule has 0 bridgehead atoms. The highest BCUT2D eigenvalue weighted by atomic mass is 32.2. The average Bonchev–Trinajstić information content (AvgIpc) is 2.67. The molecule has 1 aromatic heterocycles. The lowest BCUT2D eigenvalue weighted by molar-refractivity contribution is -0.141. The molecule has 6 nitrogen and oxygen atoms in total. The number of hydrogen-bond donors (Lipinski definition) is 2. The summed E-state index contributed by atoms with van der Waals surface area (Å²) in [5.74, 6) is -0.296. The Kier molecular flexibility index (Phi) is 3.76. The third-order valence-corrected chi connectivity index (χ3v) is 4.59. The van der Waals surface area contributed by atoms with Crippen molar-refractivity contribution in [3.63, 3.8) is 0 Å². The Bertz CT molecular complexity index is 603. The van der Waals surface area contributed by atoms with Crippen LogP contribution in [0.3, 0.4) is 0 Å². The number of nitrogens with zero attached hydrogens (tertiary/aromatic N) is 2. The molecule has 2 heterocycles. The predicted octanol–water partition coefficient (Wildman–Crippen LogP) is 1.14. The van der Waals surface area contributed by atoms with Crippen molar-refractivity contribution in [3.05, 3.63) is 11.8 Å². The Hall–Kier alpha value is -1.58. The van der Waals surface area contributed by atoms with E-state index in [0.717, 1.165) is 6.07 Å². The molecular formula is C10H13F3N4O2S. The SMILES string of the molecule is CNc1nc(NC2CCS(=O)(=O)C2)cc(C(F)(F)F)n1. The van der Waals surface area contributed by atoms with E-state index >= 15 is 0 Å². The molecular weight excluding hydrogens is 297 g/mol. The molecule has 1 unspecified atom stereocenters. The Morgan fingerprint density at radius 2 is 2.05 bits per heavy atom. The first-order valence-corrected chi connectivity index (χ1v) is 7.63. The second-order valence-corrected chi connectivity index (χ2v) is 6.68. The van der Waals surface area contributed by atoms with Gasteiger partial charge in [-0.05, 0) is 6.42 Å². The zero-order valence-electron chi connectivity index (χ0n) is 10.5. The van der Waals surface area contributed by atoms with Crippen LogP contribution in [0.15, 0.2) is 6.07 Å². The van der Waals surface area contributed by atoms with Crippen LogP contribution >= 0.6 is 0 Å². The van der Waals surface area contributed by atoms with E-state index in [1.165, 1.54) is 7.05 Å². The van der Waals surface area contributed by atoms with Crippen molar-refractivity contribution in [2.75, 3.05) is 29.2 Å². The minimum atomic E-state index is -4.59. The van der Waals surface area contributed by atoms with Crippen molar-refractivity contribution >= 4 is 21.6 Å². The van der Waals surface area contributed by atoms with Crippen LogP contribution in [0.4, 0.5) is 24.9 Å². The maximum atomic E-state index is 12.7. The van der Waals surface area contributed by atoms with Crippen molar-refractivity contribution < 1.29 is 21.6 Å². The van der Waals surface area contributed by atoms with E-state index in [9.17, 15) is 21.6 Å². The summed E-state index contributed by atoms with van der Waals surface area (Å²) in [5, 5.41) is 5.15. The fourth-order valence-corrected chi connectivity index (χ4v) is 3.57. The van der Waals surface area contributed by atoms with Crippen LogP contribution in [0.5, 0.6) is 0 Å².